The molecule has 2 fully saturated rings. The van der Waals surface area contributed by atoms with Gasteiger partial charge in [0.05, 0.1) is 5.57 Å². The first-order chi connectivity index (χ1) is 8.47. The zero-order valence-corrected chi connectivity index (χ0v) is 10.1. The van der Waals surface area contributed by atoms with Crippen LogP contribution in [0.2, 0.25) is 0 Å². The highest BCUT2D eigenvalue weighted by Crippen LogP contribution is 2.42. The molecular weight excluding hydrogens is 241 g/mol. The minimum Gasteiger partial charge on any atom is -0.399 e. The minimum absolute atomic E-state index is 0.117. The minimum atomic E-state index is -4.34. The highest BCUT2D eigenvalue weighted by atomic mass is 19.4. The largest absolute Gasteiger partial charge is 0.418 e. The number of rotatable bonds is 1. The summed E-state index contributed by atoms with van der Waals surface area (Å²) in [4.78, 5) is 2.29. The quantitative estimate of drug-likeness (QED) is 0.783. The molecule has 0 aromatic carbocycles. The van der Waals surface area contributed by atoms with E-state index in [1.54, 1.807) is 0 Å². The Bertz CT molecular complexity index is 391. The van der Waals surface area contributed by atoms with Crippen LogP contribution in [0.3, 0.4) is 0 Å². The fourth-order valence-corrected chi connectivity index (χ4v) is 3.67. The van der Waals surface area contributed by atoms with Gasteiger partial charge in [-0.15, -0.1) is 0 Å². The van der Waals surface area contributed by atoms with Gasteiger partial charge in [0.1, 0.15) is 0 Å². The van der Waals surface area contributed by atoms with Gasteiger partial charge in [-0.1, -0.05) is 12.2 Å². The van der Waals surface area contributed by atoms with Gasteiger partial charge < -0.3 is 5.73 Å². The number of nitrogens with two attached hydrogens (primary N) is 1. The second-order valence-corrected chi connectivity index (χ2v) is 5.45. The summed E-state index contributed by atoms with van der Waals surface area (Å²) in [5, 5.41) is 0. The molecule has 1 atom stereocenters. The first-order valence-electron chi connectivity index (χ1n) is 6.49. The van der Waals surface area contributed by atoms with Gasteiger partial charge >= 0.3 is 6.18 Å². The number of hydrogen-bond donors (Lipinski definition) is 1. The predicted molar refractivity (Wildman–Crippen MR) is 62.7 cm³/mol. The molecule has 0 spiro atoms. The highest BCUT2D eigenvalue weighted by molar-refractivity contribution is 5.37. The molecule has 2 N–H and O–H groups in total. The van der Waals surface area contributed by atoms with E-state index in [2.05, 4.69) is 4.90 Å². The number of alkyl halides is 3. The summed E-state index contributed by atoms with van der Waals surface area (Å²) in [6.45, 7) is 0. The monoisotopic (exact) mass is 258 g/mol. The van der Waals surface area contributed by atoms with Crippen molar-refractivity contribution in [2.45, 2.75) is 56.4 Å². The predicted octanol–water partition coefficient (Wildman–Crippen LogP) is 2.72. The molecule has 0 amide bonds. The molecular formula is C13H17F3N2. The maximum Gasteiger partial charge on any atom is 0.418 e. The summed E-state index contributed by atoms with van der Waals surface area (Å²) in [5.41, 5.74) is 4.70. The third-order valence-corrected chi connectivity index (χ3v) is 4.45. The molecule has 2 aliphatic heterocycles. The molecule has 1 unspecified atom stereocenters. The molecule has 2 nitrogen and oxygen atoms in total. The molecule has 0 radical (unpaired) electrons. The van der Waals surface area contributed by atoms with Gasteiger partial charge in [0.2, 0.25) is 0 Å². The second-order valence-electron chi connectivity index (χ2n) is 5.45. The van der Waals surface area contributed by atoms with Crippen molar-refractivity contribution < 1.29 is 13.2 Å². The molecule has 0 saturated carbocycles. The van der Waals surface area contributed by atoms with Gasteiger partial charge in [0.15, 0.2) is 0 Å². The van der Waals surface area contributed by atoms with Crippen molar-refractivity contribution in [1.29, 1.82) is 0 Å². The van der Waals surface area contributed by atoms with Crippen LogP contribution in [-0.2, 0) is 0 Å². The van der Waals surface area contributed by atoms with Crippen LogP contribution in [0.5, 0.6) is 0 Å². The molecule has 0 aromatic heterocycles. The summed E-state index contributed by atoms with van der Waals surface area (Å²) >= 11 is 0. The van der Waals surface area contributed by atoms with E-state index >= 15 is 0 Å². The van der Waals surface area contributed by atoms with Crippen LogP contribution in [0.1, 0.15) is 32.1 Å². The van der Waals surface area contributed by atoms with Crippen molar-refractivity contribution in [1.82, 2.24) is 4.90 Å². The van der Waals surface area contributed by atoms with E-state index in [9.17, 15) is 13.2 Å². The van der Waals surface area contributed by atoms with Crippen LogP contribution in [0.15, 0.2) is 23.4 Å². The lowest BCUT2D eigenvalue weighted by Crippen LogP contribution is -2.40. The van der Waals surface area contributed by atoms with Crippen molar-refractivity contribution >= 4 is 0 Å². The fourth-order valence-electron chi connectivity index (χ4n) is 3.67. The van der Waals surface area contributed by atoms with Crippen molar-refractivity contribution in [2.75, 3.05) is 0 Å². The van der Waals surface area contributed by atoms with Crippen LogP contribution in [0.4, 0.5) is 13.2 Å². The molecule has 3 rings (SSSR count). The van der Waals surface area contributed by atoms with E-state index in [1.807, 2.05) is 0 Å². The number of nitrogens with zero attached hydrogens (tertiary/aromatic N) is 1. The van der Waals surface area contributed by atoms with Crippen molar-refractivity contribution in [3.05, 3.63) is 23.4 Å². The fraction of sp³-hybridized carbons (Fsp3) is 0.692. The van der Waals surface area contributed by atoms with E-state index in [-0.39, 0.29) is 11.7 Å². The Morgan fingerprint density at radius 2 is 1.67 bits per heavy atom. The van der Waals surface area contributed by atoms with E-state index < -0.39 is 11.7 Å². The summed E-state index contributed by atoms with van der Waals surface area (Å²) < 4.78 is 38.6. The molecule has 100 valence electrons. The summed E-state index contributed by atoms with van der Waals surface area (Å²) in [7, 11) is 0. The first kappa shape index (κ1) is 12.1. The average Bonchev–Trinajstić information content (AvgIpc) is 2.88. The van der Waals surface area contributed by atoms with Crippen LogP contribution in [0.25, 0.3) is 0 Å². The molecule has 2 heterocycles. The molecule has 0 aromatic rings. The number of allylic oxidation sites excluding steroid dienone is 1. The summed E-state index contributed by atoms with van der Waals surface area (Å²) in [6, 6.07) is 0.853. The van der Waals surface area contributed by atoms with Gasteiger partial charge in [-0.05, 0) is 32.1 Å². The molecule has 5 heteroatoms. The van der Waals surface area contributed by atoms with Crippen molar-refractivity contribution in [3.8, 4) is 0 Å². The lowest BCUT2D eigenvalue weighted by atomic mass is 9.98. The van der Waals surface area contributed by atoms with Crippen LogP contribution in [0, 0.1) is 0 Å². The van der Waals surface area contributed by atoms with Gasteiger partial charge in [0.25, 0.3) is 0 Å². The van der Waals surface area contributed by atoms with Gasteiger partial charge in [-0.3, -0.25) is 4.90 Å². The molecule has 2 saturated heterocycles. The Labute approximate surface area is 104 Å². The average molecular weight is 258 g/mol. The van der Waals surface area contributed by atoms with Crippen LogP contribution in [-0.4, -0.2) is 29.2 Å². The van der Waals surface area contributed by atoms with Crippen LogP contribution >= 0.6 is 0 Å². The number of fused-ring (bicyclic) bond motifs is 2. The zero-order chi connectivity index (χ0) is 12.9. The van der Waals surface area contributed by atoms with Crippen LogP contribution < -0.4 is 5.73 Å². The van der Waals surface area contributed by atoms with Crippen molar-refractivity contribution in [3.63, 3.8) is 0 Å². The molecule has 2 bridgehead atoms. The van der Waals surface area contributed by atoms with E-state index in [1.165, 1.54) is 12.2 Å². The maximum atomic E-state index is 12.9. The lowest BCUT2D eigenvalue weighted by Gasteiger charge is -2.32. The maximum absolute atomic E-state index is 12.9. The SMILES string of the molecule is NC1=CCC(N2C3CCC2CC3)C=C1C(F)(F)F. The summed E-state index contributed by atoms with van der Waals surface area (Å²) in [5.74, 6) is 0. The Balaban J connectivity index is 1.85. The number of hydrogen-bond acceptors (Lipinski definition) is 2. The van der Waals surface area contributed by atoms with E-state index in [0.29, 0.717) is 18.5 Å². The van der Waals surface area contributed by atoms with Gasteiger partial charge in [0, 0.05) is 23.8 Å². The third-order valence-electron chi connectivity index (χ3n) is 4.45. The number of halogens is 3. The summed E-state index contributed by atoms with van der Waals surface area (Å²) in [6.07, 6.45) is 3.68. The zero-order valence-electron chi connectivity index (χ0n) is 10.1. The molecule has 1 aliphatic carbocycles. The third kappa shape index (κ3) is 1.85. The van der Waals surface area contributed by atoms with E-state index in [0.717, 1.165) is 25.7 Å². The standard InChI is InChI=1S/C13H17F3N2/c14-13(15,16)11-7-10(5-6-12(11)17)18-8-1-2-9(18)4-3-8/h6-10H,1-5,17H2. The Hall–Kier alpha value is -0.970. The van der Waals surface area contributed by atoms with Crippen molar-refractivity contribution in [2.24, 2.45) is 5.73 Å². The molecule has 3 aliphatic rings. The van der Waals surface area contributed by atoms with Gasteiger partial charge in [-0.2, -0.15) is 13.2 Å². The first-order valence-corrected chi connectivity index (χ1v) is 6.49. The van der Waals surface area contributed by atoms with Gasteiger partial charge in [-0.25, -0.2) is 0 Å². The lowest BCUT2D eigenvalue weighted by molar-refractivity contribution is -0.0904. The smallest absolute Gasteiger partial charge is 0.399 e. The Morgan fingerprint density at radius 1 is 1.11 bits per heavy atom. The topological polar surface area (TPSA) is 29.3 Å². The Kier molecular flexibility index (Phi) is 2.70. The Morgan fingerprint density at radius 3 is 2.17 bits per heavy atom. The highest BCUT2D eigenvalue weighted by Gasteiger charge is 2.44. The molecule has 18 heavy (non-hydrogen) atoms. The van der Waals surface area contributed by atoms with E-state index in [4.69, 9.17) is 5.73 Å². The second kappa shape index (κ2) is 4.02. The normalized spacial score (nSPS) is 36.7.